The number of benzene rings is 6. The molecule has 2 unspecified atom stereocenters. The van der Waals surface area contributed by atoms with Crippen molar-refractivity contribution in [1.82, 2.24) is 0 Å². The fraction of sp³-hybridized carbons (Fsp3) is 0.0980. The Balaban J connectivity index is 1.17. The number of thiophene rings is 2. The lowest BCUT2D eigenvalue weighted by Crippen LogP contribution is -2.20. The number of allylic oxidation sites excluding steroid dienone is 3. The minimum Gasteiger partial charge on any atom is -0.485 e. The predicted octanol–water partition coefficient (Wildman–Crippen LogP) is 15.1. The summed E-state index contributed by atoms with van der Waals surface area (Å²) in [6.45, 7) is 11.0. The molecule has 3 heteroatoms. The van der Waals surface area contributed by atoms with Crippen molar-refractivity contribution in [2.24, 2.45) is 0 Å². The average molecular weight is 731 g/mol. The van der Waals surface area contributed by atoms with Gasteiger partial charge in [0.05, 0.1) is 5.92 Å². The lowest BCUT2D eigenvalue weighted by atomic mass is 9.75. The minimum atomic E-state index is -0.104. The van der Waals surface area contributed by atoms with Gasteiger partial charge in [0.25, 0.3) is 0 Å². The molecule has 6 aromatic carbocycles. The van der Waals surface area contributed by atoms with Gasteiger partial charge >= 0.3 is 0 Å². The third-order valence-electron chi connectivity index (χ3n) is 11.4. The van der Waals surface area contributed by atoms with E-state index in [4.69, 9.17) is 4.74 Å². The second kappa shape index (κ2) is 13.0. The van der Waals surface area contributed by atoms with Crippen molar-refractivity contribution in [2.45, 2.75) is 32.8 Å². The lowest BCUT2D eigenvalue weighted by molar-refractivity contribution is 0.272. The van der Waals surface area contributed by atoms with E-state index in [0.29, 0.717) is 0 Å². The van der Waals surface area contributed by atoms with E-state index in [9.17, 15) is 0 Å². The summed E-state index contributed by atoms with van der Waals surface area (Å²) in [7, 11) is 0. The fourth-order valence-electron chi connectivity index (χ4n) is 9.14. The second-order valence-electron chi connectivity index (χ2n) is 14.4. The maximum atomic E-state index is 6.94. The van der Waals surface area contributed by atoms with Crippen molar-refractivity contribution >= 4 is 72.7 Å². The van der Waals surface area contributed by atoms with Crippen molar-refractivity contribution < 1.29 is 4.74 Å². The van der Waals surface area contributed by atoms with Crippen LogP contribution in [0.1, 0.15) is 46.2 Å². The van der Waals surface area contributed by atoms with Crippen LogP contribution in [0.5, 0.6) is 5.75 Å². The van der Waals surface area contributed by atoms with Crippen molar-refractivity contribution in [1.29, 1.82) is 0 Å². The molecule has 1 aliphatic heterocycles. The number of fused-ring (bicyclic) bond motifs is 6. The van der Waals surface area contributed by atoms with Gasteiger partial charge in [0.2, 0.25) is 0 Å². The Hall–Kier alpha value is -5.74. The highest BCUT2D eigenvalue weighted by molar-refractivity contribution is 7.08. The Kier molecular flexibility index (Phi) is 7.90. The van der Waals surface area contributed by atoms with E-state index in [0.717, 1.165) is 11.3 Å². The molecule has 0 amide bonds. The predicted molar refractivity (Wildman–Crippen MR) is 236 cm³/mol. The molecule has 2 atom stereocenters. The monoisotopic (exact) mass is 730 g/mol. The molecule has 10 rings (SSSR count). The zero-order chi connectivity index (χ0) is 36.5. The van der Waals surface area contributed by atoms with Crippen LogP contribution in [0, 0.1) is 13.8 Å². The summed E-state index contributed by atoms with van der Waals surface area (Å²) in [5, 5.41) is 16.6. The molecule has 0 N–H and O–H groups in total. The quantitative estimate of drug-likeness (QED) is 0.155. The summed E-state index contributed by atoms with van der Waals surface area (Å²) < 4.78 is 6.94. The van der Waals surface area contributed by atoms with Gasteiger partial charge in [0.1, 0.15) is 11.9 Å². The molecule has 8 aromatic rings. The van der Waals surface area contributed by atoms with Crippen LogP contribution >= 0.6 is 22.7 Å². The summed E-state index contributed by atoms with van der Waals surface area (Å²) in [6.07, 6.45) is 13.1. The SMILES string of the molecule is C=Cc1c(/C=C\C)c(-c2cscc2C)c2ccccc2c1C1=CC=CC2Oc3cc(-c4c5ccccc5c(-c5cscc5C)c5ccccc45)ccc3C12. The first-order valence-electron chi connectivity index (χ1n) is 18.6. The largest absolute Gasteiger partial charge is 0.485 e. The van der Waals surface area contributed by atoms with Crippen LogP contribution in [0.4, 0.5) is 0 Å². The topological polar surface area (TPSA) is 9.23 Å². The van der Waals surface area contributed by atoms with Crippen LogP contribution < -0.4 is 4.74 Å². The summed E-state index contributed by atoms with van der Waals surface area (Å²) >= 11 is 3.53. The molecule has 0 fully saturated rings. The summed E-state index contributed by atoms with van der Waals surface area (Å²) in [5.74, 6) is 1.00. The van der Waals surface area contributed by atoms with E-state index in [1.807, 2.05) is 0 Å². The van der Waals surface area contributed by atoms with Gasteiger partial charge in [0.15, 0.2) is 0 Å². The normalized spacial score (nSPS) is 16.2. The van der Waals surface area contributed by atoms with Gasteiger partial charge in [0, 0.05) is 5.56 Å². The van der Waals surface area contributed by atoms with Gasteiger partial charge in [-0.3, -0.25) is 0 Å². The summed E-state index contributed by atoms with van der Waals surface area (Å²) in [5.41, 5.74) is 16.3. The lowest BCUT2D eigenvalue weighted by Gasteiger charge is -2.27. The number of hydrogen-bond acceptors (Lipinski definition) is 3. The molecule has 0 saturated carbocycles. The Morgan fingerprint density at radius 1 is 0.630 bits per heavy atom. The van der Waals surface area contributed by atoms with Crippen molar-refractivity contribution in [2.75, 3.05) is 0 Å². The number of aryl methyl sites for hydroxylation is 2. The van der Waals surface area contributed by atoms with Crippen molar-refractivity contribution in [3.8, 4) is 39.1 Å². The van der Waals surface area contributed by atoms with Crippen molar-refractivity contribution in [3.63, 3.8) is 0 Å². The molecule has 2 aromatic heterocycles. The molecule has 2 aliphatic rings. The van der Waals surface area contributed by atoms with Gasteiger partial charge in [-0.25, -0.2) is 0 Å². The van der Waals surface area contributed by atoms with E-state index in [1.165, 1.54) is 99.1 Å². The molecule has 260 valence electrons. The number of ether oxygens (including phenoxy) is 1. The molecule has 1 aliphatic carbocycles. The molecule has 0 radical (unpaired) electrons. The average Bonchev–Trinajstić information content (AvgIpc) is 3.93. The standard InChI is InChI=1S/C51H38OS2/c1-5-14-34-33(6-2)48(39-19-11-12-20-40(39)49(34)43-28-53-26-30(43)3)42-21-13-22-45-51(42)41-24-23-32(25-46(41)52-45)47-35-15-7-9-17-37(35)50(44-29-54-27-31(44)4)38-18-10-8-16-36(38)47/h5-29,45,51H,2H2,1,3-4H3/b14-5-. The van der Waals surface area contributed by atoms with E-state index < -0.39 is 0 Å². The second-order valence-corrected chi connectivity index (χ2v) is 15.9. The minimum absolute atomic E-state index is 0.0470. The highest BCUT2D eigenvalue weighted by Gasteiger charge is 2.39. The number of hydrogen-bond donors (Lipinski definition) is 0. The fourth-order valence-corrected chi connectivity index (χ4v) is 10.8. The molecule has 0 spiro atoms. The van der Waals surface area contributed by atoms with Crippen LogP contribution in [0.3, 0.4) is 0 Å². The van der Waals surface area contributed by atoms with E-state index >= 15 is 0 Å². The third-order valence-corrected chi connectivity index (χ3v) is 13.2. The Morgan fingerprint density at radius 2 is 1.19 bits per heavy atom. The maximum Gasteiger partial charge on any atom is 0.128 e. The van der Waals surface area contributed by atoms with E-state index in [1.54, 1.807) is 22.7 Å². The first-order chi connectivity index (χ1) is 26.6. The zero-order valence-electron chi connectivity index (χ0n) is 30.5. The molecular formula is C51H38OS2. The zero-order valence-corrected chi connectivity index (χ0v) is 32.2. The Bertz CT molecular complexity index is 2870. The van der Waals surface area contributed by atoms with Crippen molar-refractivity contribution in [3.05, 3.63) is 177 Å². The highest BCUT2D eigenvalue weighted by Crippen LogP contribution is 2.54. The highest BCUT2D eigenvalue weighted by atomic mass is 32.1. The molecule has 0 saturated heterocycles. The molecule has 3 heterocycles. The van der Waals surface area contributed by atoms with Gasteiger partial charge in [-0.2, -0.15) is 22.7 Å². The third kappa shape index (κ3) is 4.89. The van der Waals surface area contributed by atoms with Gasteiger partial charge in [-0.15, -0.1) is 0 Å². The first-order valence-corrected chi connectivity index (χ1v) is 20.5. The Morgan fingerprint density at radius 3 is 1.74 bits per heavy atom. The van der Waals surface area contributed by atoms with Crippen LogP contribution in [0.25, 0.3) is 83.4 Å². The smallest absolute Gasteiger partial charge is 0.128 e. The molecular weight excluding hydrogens is 693 g/mol. The summed E-state index contributed by atoms with van der Waals surface area (Å²) in [4.78, 5) is 0. The van der Waals surface area contributed by atoms with Crippen LogP contribution in [-0.2, 0) is 0 Å². The molecule has 54 heavy (non-hydrogen) atoms. The first kappa shape index (κ1) is 32.9. The van der Waals surface area contributed by atoms with Crippen LogP contribution in [0.15, 0.2) is 143 Å². The maximum absolute atomic E-state index is 6.94. The van der Waals surface area contributed by atoms with Crippen LogP contribution in [0.2, 0.25) is 0 Å². The molecule has 1 nitrogen and oxygen atoms in total. The summed E-state index contributed by atoms with van der Waals surface area (Å²) in [6, 6.07) is 33.6. The van der Waals surface area contributed by atoms with E-state index in [2.05, 4.69) is 176 Å². The van der Waals surface area contributed by atoms with Crippen LogP contribution in [-0.4, -0.2) is 6.10 Å². The van der Waals surface area contributed by atoms with Gasteiger partial charge in [-0.1, -0.05) is 122 Å². The Labute approximate surface area is 324 Å². The molecule has 0 bridgehead atoms. The van der Waals surface area contributed by atoms with E-state index in [-0.39, 0.29) is 12.0 Å². The van der Waals surface area contributed by atoms with Gasteiger partial charge < -0.3 is 4.74 Å². The van der Waals surface area contributed by atoms with Gasteiger partial charge in [-0.05, 0) is 154 Å². The number of rotatable bonds is 6.